The number of aromatic nitrogens is 3. The van der Waals surface area contributed by atoms with E-state index in [9.17, 15) is 5.11 Å². The van der Waals surface area contributed by atoms with Crippen molar-refractivity contribution >= 4 is 11.0 Å². The Bertz CT molecular complexity index is 3210. The molecule has 0 amide bonds. The molecule has 0 aliphatic carbocycles. The Hall–Kier alpha value is -5.57. The van der Waals surface area contributed by atoms with Gasteiger partial charge >= 0.3 is 0 Å². The maximum Gasteiger partial charge on any atom is 0.148 e. The molecule has 0 fully saturated rings. The van der Waals surface area contributed by atoms with Crippen molar-refractivity contribution in [3.63, 3.8) is 0 Å². The summed E-state index contributed by atoms with van der Waals surface area (Å²) in [5.74, 6) is 0.827. The fourth-order valence-electron chi connectivity index (χ4n) is 8.10. The van der Waals surface area contributed by atoms with Crippen LogP contribution in [0.3, 0.4) is 0 Å². The zero-order valence-electron chi connectivity index (χ0n) is 43.5. The summed E-state index contributed by atoms with van der Waals surface area (Å²) in [7, 11) is 0. The Morgan fingerprint density at radius 2 is 1.20 bits per heavy atom. The normalized spacial score (nSPS) is 13.3. The van der Waals surface area contributed by atoms with Crippen LogP contribution in [0, 0.1) is 13.0 Å². The Morgan fingerprint density at radius 3 is 1.84 bits per heavy atom. The molecule has 8 aromatic rings. The van der Waals surface area contributed by atoms with E-state index in [4.69, 9.17) is 15.5 Å². The van der Waals surface area contributed by atoms with E-state index >= 15 is 0 Å². The van der Waals surface area contributed by atoms with Crippen LogP contribution in [0.15, 0.2) is 133 Å². The van der Waals surface area contributed by atoms with Crippen molar-refractivity contribution in [1.82, 2.24) is 14.5 Å². The van der Waals surface area contributed by atoms with E-state index in [0.29, 0.717) is 28.2 Å². The molecule has 0 aliphatic heterocycles. The number of pyridine rings is 1. The molecule has 330 valence electrons. The van der Waals surface area contributed by atoms with Gasteiger partial charge in [0.05, 0.1) is 27.8 Å². The van der Waals surface area contributed by atoms with Gasteiger partial charge in [0.15, 0.2) is 0 Å². The molecule has 5 heteroatoms. The number of hydrogen-bond donors (Lipinski definition) is 1. The summed E-state index contributed by atoms with van der Waals surface area (Å²) >= 11 is 0. The number of imidazole rings is 1. The Labute approximate surface area is 401 Å². The molecular weight excluding hydrogens is 962 g/mol. The number of hydrogen-bond acceptors (Lipinski definition) is 3. The zero-order chi connectivity index (χ0) is 48.7. The number of phenolic OH excluding ortho intramolecular Hbond substituents is 1. The van der Waals surface area contributed by atoms with E-state index in [2.05, 4.69) is 165 Å². The van der Waals surface area contributed by atoms with E-state index in [1.165, 1.54) is 0 Å². The molecule has 2 heterocycles. The molecule has 0 saturated heterocycles. The number of fused-ring (bicyclic) bond motifs is 1. The van der Waals surface area contributed by atoms with Gasteiger partial charge in [-0.1, -0.05) is 185 Å². The van der Waals surface area contributed by atoms with Crippen LogP contribution in [0.2, 0.25) is 0 Å². The van der Waals surface area contributed by atoms with Crippen LogP contribution in [-0.4, -0.2) is 19.6 Å². The van der Waals surface area contributed by atoms with E-state index in [0.717, 1.165) is 66.8 Å². The second kappa shape index (κ2) is 17.1. The summed E-state index contributed by atoms with van der Waals surface area (Å²) in [6, 6.07) is 38.8. The summed E-state index contributed by atoms with van der Waals surface area (Å²) in [5, 5.41) is 12.5. The molecule has 0 spiro atoms. The molecule has 2 aromatic heterocycles. The molecule has 6 aromatic carbocycles. The number of nitrogens with zero attached hydrogens (tertiary/aromatic N) is 3. The van der Waals surface area contributed by atoms with Crippen molar-refractivity contribution in [1.29, 1.82) is 0 Å². The first-order chi connectivity index (χ1) is 31.3. The number of benzene rings is 6. The minimum atomic E-state index is -0.573. The fraction of sp³-hybridized carbons (Fsp3) is 0.288. The molecule has 0 unspecified atom stereocenters. The van der Waals surface area contributed by atoms with E-state index in [-0.39, 0.29) is 72.8 Å². The van der Waals surface area contributed by atoms with Gasteiger partial charge in [0.25, 0.3) is 0 Å². The van der Waals surface area contributed by atoms with Crippen LogP contribution in [0.5, 0.6) is 5.75 Å². The monoisotopic (exact) mass is 1030 g/mol. The quantitative estimate of drug-likeness (QED) is 0.169. The minimum Gasteiger partial charge on any atom is -0.507 e. The van der Waals surface area contributed by atoms with E-state index < -0.39 is 5.41 Å². The maximum atomic E-state index is 12.5. The second-order valence-electron chi connectivity index (χ2n) is 21.1. The number of aryl methyl sites for hydroxylation is 1. The molecule has 0 atom stereocenters. The van der Waals surface area contributed by atoms with Crippen molar-refractivity contribution in [2.45, 2.75) is 112 Å². The molecule has 64 heavy (non-hydrogen) atoms. The van der Waals surface area contributed by atoms with Crippen molar-refractivity contribution in [3.05, 3.63) is 167 Å². The largest absolute Gasteiger partial charge is 0.507 e. The smallest absolute Gasteiger partial charge is 0.148 e. The van der Waals surface area contributed by atoms with Gasteiger partial charge in [0.2, 0.25) is 0 Å². The average Bonchev–Trinajstić information content (AvgIpc) is 3.64. The van der Waals surface area contributed by atoms with Gasteiger partial charge in [-0.05, 0) is 86.7 Å². The van der Waals surface area contributed by atoms with Crippen molar-refractivity contribution in [2.24, 2.45) is 0 Å². The van der Waals surface area contributed by atoms with Gasteiger partial charge in [-0.15, -0.1) is 29.3 Å². The Kier molecular flexibility index (Phi) is 11.0. The zero-order valence-corrected chi connectivity index (χ0v) is 41.8. The first-order valence-electron chi connectivity index (χ1n) is 24.0. The first kappa shape index (κ1) is 41.2. The summed E-state index contributed by atoms with van der Waals surface area (Å²) < 4.78 is 38.2. The van der Waals surface area contributed by atoms with Gasteiger partial charge in [-0.2, -0.15) is 0 Å². The molecule has 4 nitrogen and oxygen atoms in total. The number of para-hydroxylation sites is 1. The molecule has 8 rings (SSSR count). The number of rotatable bonds is 6. The first-order valence-corrected chi connectivity index (χ1v) is 22.0. The summed E-state index contributed by atoms with van der Waals surface area (Å²) in [4.78, 5) is 10.4. The summed E-state index contributed by atoms with van der Waals surface area (Å²) in [6.45, 7) is 27.3. The Morgan fingerprint density at radius 1 is 0.562 bits per heavy atom. The third-order valence-electron chi connectivity index (χ3n) is 11.9. The molecular formula is C59H62N3OPt-. The van der Waals surface area contributed by atoms with Crippen molar-refractivity contribution in [2.75, 3.05) is 0 Å². The van der Waals surface area contributed by atoms with E-state index in [1.807, 2.05) is 32.9 Å². The third-order valence-corrected chi connectivity index (χ3v) is 11.9. The predicted octanol–water partition coefficient (Wildman–Crippen LogP) is 15.8. The van der Waals surface area contributed by atoms with Crippen LogP contribution >= 0.6 is 0 Å². The van der Waals surface area contributed by atoms with E-state index in [1.54, 1.807) is 12.3 Å². The third kappa shape index (κ3) is 9.18. The molecule has 0 radical (unpaired) electrons. The molecule has 1 N–H and O–H groups in total. The van der Waals surface area contributed by atoms with Gasteiger partial charge in [-0.25, -0.2) is 4.98 Å². The predicted molar refractivity (Wildman–Crippen MR) is 266 cm³/mol. The van der Waals surface area contributed by atoms with Crippen LogP contribution in [0.1, 0.15) is 116 Å². The van der Waals surface area contributed by atoms with Crippen molar-refractivity contribution in [3.8, 4) is 67.5 Å². The van der Waals surface area contributed by atoms with Crippen LogP contribution < -0.4 is 0 Å². The Balaban J connectivity index is 0.00000684. The number of aromatic hydroxyl groups is 1. The van der Waals surface area contributed by atoms with Gasteiger partial charge in [-0.3, -0.25) is 9.55 Å². The SMILES string of the molecule is [2H]c1c([2H])c(C(C)(C)C)c([2H])c([2H])c1-c1ccnc(-c2[c-]c(-c3cccc4c3nc(-c3cc(C(C)(C)C)cc(C(C)(C)C)c3O)n4-c3ccc(C)cc3-c3ccccc3)cc(C(C)(C)C)c2)c1.[Pt]. The van der Waals surface area contributed by atoms with Crippen LogP contribution in [-0.2, 0) is 42.7 Å². The van der Waals surface area contributed by atoms with Crippen molar-refractivity contribution < 1.29 is 31.7 Å². The maximum absolute atomic E-state index is 12.5. The topological polar surface area (TPSA) is 50.9 Å². The fourth-order valence-corrected chi connectivity index (χ4v) is 8.10. The number of phenols is 1. The molecule has 0 bridgehead atoms. The second-order valence-corrected chi connectivity index (χ2v) is 21.1. The summed E-state index contributed by atoms with van der Waals surface area (Å²) in [6.07, 6.45) is 1.66. The van der Waals surface area contributed by atoms with Gasteiger partial charge in [0, 0.05) is 44.1 Å². The van der Waals surface area contributed by atoms with Gasteiger partial charge < -0.3 is 5.11 Å². The van der Waals surface area contributed by atoms with Crippen LogP contribution in [0.25, 0.3) is 72.7 Å². The minimum absolute atomic E-state index is 0. The molecule has 0 aliphatic rings. The molecule has 0 saturated carbocycles. The standard InChI is InChI=1S/C59H62N3O.Pt/c1-37-22-27-51(47(30-37)39-18-15-14-16-19-39)62-52-21-17-20-46(53(52)61-55(62)48-35-45(58(8,9)10)36-49(54(48)63)59(11,12)13)41-31-42(33-44(32-41)57(5,6)7)50-34-40(28-29-60-50)38-23-25-43(26-24-38)56(2,3)4;/h14-30,32-36,63H,1-13H3;/q-1;/i23D,24D,25D,26D;. The van der Waals surface area contributed by atoms with Gasteiger partial charge in [0.1, 0.15) is 11.6 Å². The van der Waals surface area contributed by atoms with Crippen LogP contribution in [0.4, 0.5) is 0 Å². The summed E-state index contributed by atoms with van der Waals surface area (Å²) in [5.41, 5.74) is 12.1. The average molecular weight is 1030 g/mol.